The molecule has 0 spiro atoms. The van der Waals surface area contributed by atoms with Crippen LogP contribution in [0.1, 0.15) is 34.8 Å². The SMILES string of the molecule is CCCc1cc(=O)oc2cc(C)cc(OCC(=O)c3ccc4ccccc4c3)c12. The number of ketones is 1. The lowest BCUT2D eigenvalue weighted by molar-refractivity contribution is 0.0922. The first-order chi connectivity index (χ1) is 14.0. The number of hydrogen-bond acceptors (Lipinski definition) is 4. The Labute approximate surface area is 168 Å². The summed E-state index contributed by atoms with van der Waals surface area (Å²) < 4.78 is 11.3. The van der Waals surface area contributed by atoms with Crippen molar-refractivity contribution in [2.45, 2.75) is 26.7 Å². The lowest BCUT2D eigenvalue weighted by atomic mass is 10.0. The second kappa shape index (κ2) is 7.92. The average molecular weight is 386 g/mol. The maximum Gasteiger partial charge on any atom is 0.336 e. The van der Waals surface area contributed by atoms with Crippen LogP contribution in [0.25, 0.3) is 21.7 Å². The predicted octanol–water partition coefficient (Wildman–Crippen LogP) is 5.47. The van der Waals surface area contributed by atoms with Crippen LogP contribution < -0.4 is 10.4 Å². The van der Waals surface area contributed by atoms with E-state index < -0.39 is 0 Å². The van der Waals surface area contributed by atoms with Gasteiger partial charge in [-0.15, -0.1) is 0 Å². The smallest absolute Gasteiger partial charge is 0.336 e. The zero-order chi connectivity index (χ0) is 20.4. The van der Waals surface area contributed by atoms with Crippen molar-refractivity contribution in [1.82, 2.24) is 0 Å². The highest BCUT2D eigenvalue weighted by molar-refractivity contribution is 6.01. The summed E-state index contributed by atoms with van der Waals surface area (Å²) >= 11 is 0. The second-order valence-electron chi connectivity index (χ2n) is 7.25. The van der Waals surface area contributed by atoms with Crippen LogP contribution in [-0.2, 0) is 6.42 Å². The summed E-state index contributed by atoms with van der Waals surface area (Å²) in [6.07, 6.45) is 1.63. The highest BCUT2D eigenvalue weighted by atomic mass is 16.5. The molecule has 0 fully saturated rings. The van der Waals surface area contributed by atoms with E-state index in [1.807, 2.05) is 61.5 Å². The molecule has 4 rings (SSSR count). The summed E-state index contributed by atoms with van der Waals surface area (Å²) in [5.74, 6) is 0.473. The van der Waals surface area contributed by atoms with Crippen LogP contribution in [0.4, 0.5) is 0 Å². The number of rotatable bonds is 6. The van der Waals surface area contributed by atoms with E-state index in [0.717, 1.165) is 40.1 Å². The zero-order valence-corrected chi connectivity index (χ0v) is 16.5. The molecular weight excluding hydrogens is 364 g/mol. The van der Waals surface area contributed by atoms with Gasteiger partial charge in [0.2, 0.25) is 0 Å². The molecule has 0 atom stereocenters. The Kier molecular flexibility index (Phi) is 5.17. The van der Waals surface area contributed by atoms with Gasteiger partial charge in [0.05, 0.1) is 5.39 Å². The molecule has 3 aromatic carbocycles. The number of carbonyl (C=O) groups excluding carboxylic acids is 1. The van der Waals surface area contributed by atoms with Gasteiger partial charge in [0, 0.05) is 11.6 Å². The van der Waals surface area contributed by atoms with Gasteiger partial charge in [0.25, 0.3) is 0 Å². The van der Waals surface area contributed by atoms with Gasteiger partial charge in [-0.3, -0.25) is 4.79 Å². The molecule has 4 nitrogen and oxygen atoms in total. The Morgan fingerprint density at radius 1 is 1.00 bits per heavy atom. The van der Waals surface area contributed by atoms with Crippen molar-refractivity contribution in [3.63, 3.8) is 0 Å². The monoisotopic (exact) mass is 386 g/mol. The number of Topliss-reactive ketones (excluding diaryl/α,β-unsaturated/α-hetero) is 1. The Morgan fingerprint density at radius 2 is 1.79 bits per heavy atom. The maximum absolute atomic E-state index is 12.7. The first kappa shape index (κ1) is 18.9. The molecule has 0 aliphatic rings. The van der Waals surface area contributed by atoms with Crippen LogP contribution in [0.2, 0.25) is 0 Å². The molecule has 0 unspecified atom stereocenters. The van der Waals surface area contributed by atoms with Gasteiger partial charge in [-0.05, 0) is 53.4 Å². The fraction of sp³-hybridized carbons (Fsp3) is 0.200. The van der Waals surface area contributed by atoms with Crippen molar-refractivity contribution in [1.29, 1.82) is 0 Å². The lowest BCUT2D eigenvalue weighted by Gasteiger charge is -2.13. The van der Waals surface area contributed by atoms with E-state index in [9.17, 15) is 9.59 Å². The third-order valence-electron chi connectivity index (χ3n) is 4.98. The van der Waals surface area contributed by atoms with Crippen LogP contribution in [0.5, 0.6) is 5.75 Å². The summed E-state index contributed by atoms with van der Waals surface area (Å²) in [5, 5.41) is 2.88. The van der Waals surface area contributed by atoms with Crippen LogP contribution in [0, 0.1) is 6.92 Å². The molecule has 29 heavy (non-hydrogen) atoms. The molecule has 1 heterocycles. The standard InChI is InChI=1S/C25H22O4/c1-3-6-20-14-24(27)29-23-12-16(2)11-22(25(20)23)28-15-21(26)19-10-9-17-7-4-5-8-18(17)13-19/h4-5,7-14H,3,6,15H2,1-2H3. The quantitative estimate of drug-likeness (QED) is 0.326. The number of fused-ring (bicyclic) bond motifs is 2. The molecule has 0 aliphatic heterocycles. The number of aryl methyl sites for hydroxylation is 2. The van der Waals surface area contributed by atoms with Crippen molar-refractivity contribution in [3.05, 3.63) is 87.8 Å². The molecular formula is C25H22O4. The summed E-state index contributed by atoms with van der Waals surface area (Å²) in [4.78, 5) is 24.6. The third kappa shape index (κ3) is 3.92. The van der Waals surface area contributed by atoms with E-state index in [1.165, 1.54) is 6.07 Å². The van der Waals surface area contributed by atoms with Crippen LogP contribution in [0.15, 0.2) is 69.9 Å². The molecule has 146 valence electrons. The van der Waals surface area contributed by atoms with E-state index in [2.05, 4.69) is 6.92 Å². The fourth-order valence-electron chi connectivity index (χ4n) is 3.64. The Morgan fingerprint density at radius 3 is 2.59 bits per heavy atom. The minimum Gasteiger partial charge on any atom is -0.485 e. The van der Waals surface area contributed by atoms with E-state index >= 15 is 0 Å². The maximum atomic E-state index is 12.7. The summed E-state index contributed by atoms with van der Waals surface area (Å²) in [6.45, 7) is 3.88. The molecule has 0 saturated heterocycles. The summed E-state index contributed by atoms with van der Waals surface area (Å²) in [6, 6.07) is 18.8. The number of benzene rings is 3. The largest absolute Gasteiger partial charge is 0.485 e. The van der Waals surface area contributed by atoms with Crippen LogP contribution in [-0.4, -0.2) is 12.4 Å². The average Bonchev–Trinajstić information content (AvgIpc) is 2.71. The molecule has 0 bridgehead atoms. The van der Waals surface area contributed by atoms with Gasteiger partial charge in [0.15, 0.2) is 12.4 Å². The van der Waals surface area contributed by atoms with Gasteiger partial charge in [0.1, 0.15) is 11.3 Å². The molecule has 0 saturated carbocycles. The summed E-state index contributed by atoms with van der Waals surface area (Å²) in [7, 11) is 0. The van der Waals surface area contributed by atoms with Gasteiger partial charge in [-0.1, -0.05) is 49.7 Å². The Balaban J connectivity index is 1.66. The van der Waals surface area contributed by atoms with Crippen molar-refractivity contribution in [3.8, 4) is 5.75 Å². The lowest BCUT2D eigenvalue weighted by Crippen LogP contribution is -2.12. The van der Waals surface area contributed by atoms with Gasteiger partial charge in [-0.25, -0.2) is 4.79 Å². The molecule has 4 aromatic rings. The highest BCUT2D eigenvalue weighted by Gasteiger charge is 2.14. The molecule has 4 heteroatoms. The van der Waals surface area contributed by atoms with E-state index in [-0.39, 0.29) is 18.0 Å². The first-order valence-corrected chi connectivity index (χ1v) is 9.77. The van der Waals surface area contributed by atoms with Crippen molar-refractivity contribution in [2.75, 3.05) is 6.61 Å². The number of hydrogen-bond donors (Lipinski definition) is 0. The van der Waals surface area contributed by atoms with Gasteiger partial charge >= 0.3 is 5.63 Å². The Bertz CT molecular complexity index is 1270. The first-order valence-electron chi connectivity index (χ1n) is 9.77. The van der Waals surface area contributed by atoms with Crippen LogP contribution >= 0.6 is 0 Å². The zero-order valence-electron chi connectivity index (χ0n) is 16.5. The molecule has 0 N–H and O–H groups in total. The normalized spacial score (nSPS) is 11.1. The van der Waals surface area contributed by atoms with E-state index in [1.54, 1.807) is 0 Å². The minimum absolute atomic E-state index is 0.0818. The van der Waals surface area contributed by atoms with Gasteiger partial charge in [-0.2, -0.15) is 0 Å². The van der Waals surface area contributed by atoms with Crippen molar-refractivity contribution >= 4 is 27.5 Å². The molecule has 0 radical (unpaired) electrons. The highest BCUT2D eigenvalue weighted by Crippen LogP contribution is 2.31. The predicted molar refractivity (Wildman–Crippen MR) is 115 cm³/mol. The topological polar surface area (TPSA) is 56.5 Å². The van der Waals surface area contributed by atoms with Crippen molar-refractivity contribution < 1.29 is 13.9 Å². The Hall–Kier alpha value is -3.40. The number of ether oxygens (including phenoxy) is 1. The summed E-state index contributed by atoms with van der Waals surface area (Å²) in [5.41, 5.74) is 2.52. The van der Waals surface area contributed by atoms with E-state index in [0.29, 0.717) is 16.9 Å². The molecule has 1 aromatic heterocycles. The molecule has 0 aliphatic carbocycles. The third-order valence-corrected chi connectivity index (χ3v) is 4.98. The molecule has 0 amide bonds. The minimum atomic E-state index is -0.371. The second-order valence-corrected chi connectivity index (χ2v) is 7.25. The van der Waals surface area contributed by atoms with E-state index in [4.69, 9.17) is 9.15 Å². The fourth-order valence-corrected chi connectivity index (χ4v) is 3.64. The van der Waals surface area contributed by atoms with Gasteiger partial charge < -0.3 is 9.15 Å². The van der Waals surface area contributed by atoms with Crippen molar-refractivity contribution in [2.24, 2.45) is 0 Å². The number of carbonyl (C=O) groups is 1. The van der Waals surface area contributed by atoms with Crippen LogP contribution in [0.3, 0.4) is 0 Å².